The van der Waals surface area contributed by atoms with Crippen LogP contribution in [0.15, 0.2) is 47.2 Å². The molecule has 40 heavy (non-hydrogen) atoms. The predicted octanol–water partition coefficient (Wildman–Crippen LogP) is 2.35. The van der Waals surface area contributed by atoms with Crippen LogP contribution >= 0.6 is 11.6 Å². The third-order valence-electron chi connectivity index (χ3n) is 8.33. The van der Waals surface area contributed by atoms with E-state index in [-0.39, 0.29) is 29.7 Å². The number of nitrogens with zero attached hydrogens (tertiary/aromatic N) is 2. The first-order valence-electron chi connectivity index (χ1n) is 12.7. The number of aliphatic hydroxyl groups excluding tert-OH is 2. The summed E-state index contributed by atoms with van der Waals surface area (Å²) in [5, 5.41) is 46.3. The molecule has 0 bridgehead atoms. The molecule has 1 fully saturated rings. The van der Waals surface area contributed by atoms with Crippen LogP contribution in [0, 0.1) is 11.8 Å². The van der Waals surface area contributed by atoms with Crippen molar-refractivity contribution in [2.24, 2.45) is 17.6 Å². The number of carbonyl (C=O) groups excluding carboxylic acids is 3. The predicted molar refractivity (Wildman–Crippen MR) is 149 cm³/mol. The molecule has 2 aromatic rings. The molecule has 4 atom stereocenters. The number of phenolic OH excluding ortho intramolecular Hbond substituents is 1. The third-order valence-corrected chi connectivity index (χ3v) is 8.59. The highest BCUT2D eigenvalue weighted by Gasteiger charge is 2.64. The van der Waals surface area contributed by atoms with E-state index >= 15 is 0 Å². The van der Waals surface area contributed by atoms with Crippen molar-refractivity contribution in [3.8, 4) is 16.9 Å². The van der Waals surface area contributed by atoms with E-state index in [0.717, 1.165) is 0 Å². The Morgan fingerprint density at radius 3 is 2.25 bits per heavy atom. The molecule has 6 N–H and O–H groups in total. The molecule has 0 aromatic heterocycles. The Morgan fingerprint density at radius 2 is 1.70 bits per heavy atom. The molecule has 10 nitrogen and oxygen atoms in total. The summed E-state index contributed by atoms with van der Waals surface area (Å²) in [6.07, 6.45) is 0.231. The van der Waals surface area contributed by atoms with Crippen molar-refractivity contribution in [2.75, 3.05) is 33.1 Å². The first kappa shape index (κ1) is 27.7. The quantitative estimate of drug-likeness (QED) is 0.349. The zero-order chi connectivity index (χ0) is 29.4. The second kappa shape index (κ2) is 9.36. The highest BCUT2D eigenvalue weighted by molar-refractivity contribution is 6.30. The average molecular weight is 568 g/mol. The van der Waals surface area contributed by atoms with Gasteiger partial charge in [-0.15, -0.1) is 0 Å². The Bertz CT molecular complexity index is 1540. The van der Waals surface area contributed by atoms with Gasteiger partial charge in [0.15, 0.2) is 11.4 Å². The van der Waals surface area contributed by atoms with Gasteiger partial charge in [0, 0.05) is 41.9 Å². The number of carbonyl (C=O) groups is 3. The summed E-state index contributed by atoms with van der Waals surface area (Å²) in [6.45, 7) is 0. The first-order valence-corrected chi connectivity index (χ1v) is 13.1. The average Bonchev–Trinajstić information content (AvgIpc) is 2.86. The Kier molecular flexibility index (Phi) is 6.48. The minimum absolute atomic E-state index is 0.0261. The van der Waals surface area contributed by atoms with Gasteiger partial charge in [0.25, 0.3) is 5.91 Å². The molecule has 5 rings (SSSR count). The number of ketones is 2. The molecule has 0 saturated heterocycles. The number of rotatable bonds is 4. The maximum atomic E-state index is 14.1. The first-order chi connectivity index (χ1) is 18.7. The number of phenols is 1. The van der Waals surface area contributed by atoms with Crippen molar-refractivity contribution in [2.45, 2.75) is 24.5 Å². The number of halogens is 1. The summed E-state index contributed by atoms with van der Waals surface area (Å²) in [7, 11) is 6.76. The normalized spacial score (nSPS) is 26.0. The van der Waals surface area contributed by atoms with Crippen molar-refractivity contribution >= 4 is 40.5 Å². The van der Waals surface area contributed by atoms with Gasteiger partial charge < -0.3 is 31.1 Å². The molecule has 1 amide bonds. The zero-order valence-electron chi connectivity index (χ0n) is 22.4. The molecule has 3 aliphatic carbocycles. The topological polar surface area (TPSA) is 165 Å². The van der Waals surface area contributed by atoms with E-state index in [2.05, 4.69) is 0 Å². The van der Waals surface area contributed by atoms with E-state index in [1.54, 1.807) is 44.4 Å². The lowest BCUT2D eigenvalue weighted by molar-refractivity contribution is -0.153. The van der Waals surface area contributed by atoms with Crippen LogP contribution < -0.4 is 10.6 Å². The van der Waals surface area contributed by atoms with Crippen molar-refractivity contribution < 1.29 is 34.8 Å². The van der Waals surface area contributed by atoms with Crippen LogP contribution in [0.25, 0.3) is 16.9 Å². The van der Waals surface area contributed by atoms with E-state index in [0.29, 0.717) is 27.4 Å². The molecule has 11 heteroatoms. The van der Waals surface area contributed by atoms with Crippen LogP contribution in [0.1, 0.15) is 17.5 Å². The number of aliphatic hydroxyl groups is 3. The van der Waals surface area contributed by atoms with Crippen LogP contribution in [0.5, 0.6) is 5.75 Å². The van der Waals surface area contributed by atoms with Gasteiger partial charge in [-0.05, 0) is 62.2 Å². The zero-order valence-corrected chi connectivity index (χ0v) is 23.2. The van der Waals surface area contributed by atoms with Crippen LogP contribution in [-0.2, 0) is 20.8 Å². The van der Waals surface area contributed by atoms with Gasteiger partial charge in [-0.25, -0.2) is 0 Å². The number of likely N-dealkylation sites (N-methyl/N-ethyl adjacent to an activating group) is 1. The Labute approximate surface area is 235 Å². The fourth-order valence-electron chi connectivity index (χ4n) is 6.54. The van der Waals surface area contributed by atoms with Crippen molar-refractivity contribution in [3.63, 3.8) is 0 Å². The van der Waals surface area contributed by atoms with Gasteiger partial charge in [-0.2, -0.15) is 0 Å². The highest BCUT2D eigenvalue weighted by atomic mass is 35.5. The Balaban J connectivity index is 1.77. The number of amides is 1. The van der Waals surface area contributed by atoms with Gasteiger partial charge in [-0.3, -0.25) is 19.3 Å². The number of benzene rings is 2. The van der Waals surface area contributed by atoms with Gasteiger partial charge in [-0.1, -0.05) is 23.7 Å². The number of fused-ring (bicyclic) bond motifs is 3. The number of primary amides is 1. The summed E-state index contributed by atoms with van der Waals surface area (Å²) in [5.41, 5.74) is 3.98. The molecule has 210 valence electrons. The molecular formula is C29H30ClN3O7. The maximum absolute atomic E-state index is 14.1. The maximum Gasteiger partial charge on any atom is 0.255 e. The number of Topliss-reactive ketones (excluding diaryl/α,β-unsaturated/α-hetero) is 2. The summed E-state index contributed by atoms with van der Waals surface area (Å²) >= 11 is 6.04. The lowest BCUT2D eigenvalue weighted by Crippen LogP contribution is -2.65. The van der Waals surface area contributed by atoms with Crippen molar-refractivity contribution in [1.82, 2.24) is 4.90 Å². The van der Waals surface area contributed by atoms with Crippen LogP contribution in [-0.4, -0.2) is 82.6 Å². The smallest absolute Gasteiger partial charge is 0.255 e. The molecular weight excluding hydrogens is 538 g/mol. The van der Waals surface area contributed by atoms with Crippen LogP contribution in [0.3, 0.4) is 0 Å². The molecule has 3 aliphatic rings. The van der Waals surface area contributed by atoms with Crippen LogP contribution in [0.2, 0.25) is 5.02 Å². The van der Waals surface area contributed by atoms with Crippen LogP contribution in [0.4, 0.5) is 5.69 Å². The molecule has 0 radical (unpaired) electrons. The van der Waals surface area contributed by atoms with E-state index in [1.165, 1.54) is 4.90 Å². The molecule has 1 saturated carbocycles. The van der Waals surface area contributed by atoms with Gasteiger partial charge in [0.05, 0.1) is 11.6 Å². The number of anilines is 1. The summed E-state index contributed by atoms with van der Waals surface area (Å²) < 4.78 is 0. The lowest BCUT2D eigenvalue weighted by Gasteiger charge is -2.50. The SMILES string of the molecule is CN(C)c1cc(-c2ccc(Cl)cc2)c(O)c2c1C[C@H]1C[C@H]3[C@H](N(C)C)C(=O)C(C(N)=O)=C(O)[C@@]3(O)C(=O)C1=C2O. The standard InChI is InChI=1S/C29H30ClN3O7/c1-32(2)18-11-15(12-5-7-14(30)8-6-12)23(34)20-16(18)9-13-10-17-22(33(3)4)25(36)21(28(31)39)27(38)29(17,40)26(37)19(13)24(20)35/h5-8,11,13,17,22,34-35,38,40H,9-10H2,1-4H3,(H2,31,39)/t13-,17-,22-,29-/m0/s1. The summed E-state index contributed by atoms with van der Waals surface area (Å²) in [5.74, 6) is -6.80. The van der Waals surface area contributed by atoms with Gasteiger partial charge in [0.2, 0.25) is 5.78 Å². The lowest BCUT2D eigenvalue weighted by atomic mass is 9.57. The molecule has 0 aliphatic heterocycles. The minimum atomic E-state index is -2.68. The molecule has 2 aromatic carbocycles. The number of aromatic hydroxyl groups is 1. The number of hydrogen-bond donors (Lipinski definition) is 5. The third kappa shape index (κ3) is 3.74. The fraction of sp³-hybridized carbons (Fsp3) is 0.345. The van der Waals surface area contributed by atoms with Gasteiger partial charge in [0.1, 0.15) is 22.8 Å². The van der Waals surface area contributed by atoms with Crippen molar-refractivity contribution in [3.05, 3.63) is 63.4 Å². The minimum Gasteiger partial charge on any atom is -0.508 e. The van der Waals surface area contributed by atoms with E-state index in [4.69, 9.17) is 17.3 Å². The summed E-state index contributed by atoms with van der Waals surface area (Å²) in [4.78, 5) is 42.8. The highest BCUT2D eigenvalue weighted by Crippen LogP contribution is 2.54. The Morgan fingerprint density at radius 1 is 1.07 bits per heavy atom. The fourth-order valence-corrected chi connectivity index (χ4v) is 6.67. The number of nitrogens with two attached hydrogens (primary N) is 1. The second-order valence-electron chi connectivity index (χ2n) is 11.0. The molecule has 0 unspecified atom stereocenters. The largest absolute Gasteiger partial charge is 0.508 e. The Hall–Kier alpha value is -3.86. The molecule has 0 spiro atoms. The monoisotopic (exact) mass is 567 g/mol. The molecule has 0 heterocycles. The summed E-state index contributed by atoms with van der Waals surface area (Å²) in [6, 6.07) is 7.41. The van der Waals surface area contributed by atoms with E-state index < -0.39 is 58.0 Å². The second-order valence-corrected chi connectivity index (χ2v) is 11.4. The van der Waals surface area contributed by atoms with E-state index in [9.17, 15) is 34.8 Å². The van der Waals surface area contributed by atoms with Gasteiger partial charge >= 0.3 is 0 Å². The van der Waals surface area contributed by atoms with Crippen molar-refractivity contribution in [1.29, 1.82) is 0 Å². The van der Waals surface area contributed by atoms with E-state index in [1.807, 2.05) is 19.0 Å². The number of hydrogen-bond acceptors (Lipinski definition) is 9.